The molecule has 1 aromatic rings. The fourth-order valence-corrected chi connectivity index (χ4v) is 1.00. The molecule has 1 rings (SSSR count). The van der Waals surface area contributed by atoms with Crippen LogP contribution in [0.1, 0.15) is 12.1 Å². The molecule has 0 amide bonds. The van der Waals surface area contributed by atoms with Gasteiger partial charge in [0.1, 0.15) is 16.7 Å². The van der Waals surface area contributed by atoms with E-state index in [0.717, 1.165) is 0 Å². The number of hydrogen-bond donors (Lipinski definition) is 1. The summed E-state index contributed by atoms with van der Waals surface area (Å²) in [4.78, 5) is 18.5. The Balaban J connectivity index is 2.71. The summed E-state index contributed by atoms with van der Waals surface area (Å²) >= 11 is 5.63. The fourth-order valence-electron chi connectivity index (χ4n) is 0.863. The molecule has 0 aromatic carbocycles. The van der Waals surface area contributed by atoms with Gasteiger partial charge in [0.15, 0.2) is 0 Å². The number of ether oxygens (including phenoxy) is 1. The van der Waals surface area contributed by atoms with Gasteiger partial charge in [-0.15, -0.1) is 0 Å². The van der Waals surface area contributed by atoms with Crippen molar-refractivity contribution in [2.75, 3.05) is 12.8 Å². The molecule has 0 bridgehead atoms. The second kappa shape index (κ2) is 5.31. The Kier molecular flexibility index (Phi) is 4.05. The predicted octanol–water partition coefficient (Wildman–Crippen LogP) is 1.29. The normalized spacial score (nSPS) is 10.5. The Morgan fingerprint density at radius 3 is 3.13 bits per heavy atom. The number of aromatic nitrogens is 2. The summed E-state index contributed by atoms with van der Waals surface area (Å²) in [6.45, 7) is 0. The standard InChI is InChI=1S/C9H10ClN3O2/c1-15-8(14)4-2-3-6-9(11)12-5-7(10)13-6/h2-3,5H,4H2,1H3,(H2,11,12). The molecule has 15 heavy (non-hydrogen) atoms. The summed E-state index contributed by atoms with van der Waals surface area (Å²) in [5, 5.41) is 0.252. The van der Waals surface area contributed by atoms with E-state index >= 15 is 0 Å². The Hall–Kier alpha value is -1.62. The molecule has 0 aliphatic rings. The molecule has 2 N–H and O–H groups in total. The first kappa shape index (κ1) is 11.5. The minimum atomic E-state index is -0.334. The highest BCUT2D eigenvalue weighted by Crippen LogP contribution is 2.11. The lowest BCUT2D eigenvalue weighted by atomic mass is 10.3. The van der Waals surface area contributed by atoms with Crippen molar-refractivity contribution >= 4 is 29.5 Å². The van der Waals surface area contributed by atoms with E-state index in [2.05, 4.69) is 14.7 Å². The largest absolute Gasteiger partial charge is 0.469 e. The zero-order chi connectivity index (χ0) is 11.3. The van der Waals surface area contributed by atoms with Crippen LogP contribution in [0.3, 0.4) is 0 Å². The van der Waals surface area contributed by atoms with Crippen LogP contribution in [0.15, 0.2) is 12.3 Å². The number of methoxy groups -OCH3 is 1. The molecule has 0 radical (unpaired) electrons. The van der Waals surface area contributed by atoms with Gasteiger partial charge in [-0.1, -0.05) is 17.7 Å². The van der Waals surface area contributed by atoms with Crippen molar-refractivity contribution in [3.8, 4) is 0 Å². The first-order valence-electron chi connectivity index (χ1n) is 4.15. The Morgan fingerprint density at radius 2 is 2.47 bits per heavy atom. The van der Waals surface area contributed by atoms with Gasteiger partial charge >= 0.3 is 5.97 Å². The summed E-state index contributed by atoms with van der Waals surface area (Å²) in [7, 11) is 1.32. The van der Waals surface area contributed by atoms with Crippen LogP contribution in [-0.4, -0.2) is 23.0 Å². The number of anilines is 1. The van der Waals surface area contributed by atoms with Gasteiger partial charge < -0.3 is 10.5 Å². The highest BCUT2D eigenvalue weighted by molar-refractivity contribution is 6.29. The summed E-state index contributed by atoms with van der Waals surface area (Å²) in [5.74, 6) is -0.0691. The maximum absolute atomic E-state index is 10.8. The first-order chi connectivity index (χ1) is 7.13. The lowest BCUT2D eigenvalue weighted by Crippen LogP contribution is -1.98. The van der Waals surface area contributed by atoms with E-state index in [-0.39, 0.29) is 23.4 Å². The van der Waals surface area contributed by atoms with Crippen LogP contribution in [0.2, 0.25) is 5.15 Å². The quantitative estimate of drug-likeness (QED) is 0.788. The first-order valence-corrected chi connectivity index (χ1v) is 4.52. The highest BCUT2D eigenvalue weighted by atomic mass is 35.5. The molecule has 6 heteroatoms. The number of rotatable bonds is 3. The number of hydrogen-bond acceptors (Lipinski definition) is 5. The average molecular weight is 228 g/mol. The Bertz CT molecular complexity index is 393. The van der Waals surface area contributed by atoms with Crippen molar-refractivity contribution in [1.82, 2.24) is 9.97 Å². The van der Waals surface area contributed by atoms with Gasteiger partial charge in [0, 0.05) is 0 Å². The van der Waals surface area contributed by atoms with Crippen LogP contribution < -0.4 is 5.73 Å². The molecule has 0 saturated carbocycles. The van der Waals surface area contributed by atoms with Crippen molar-refractivity contribution in [2.45, 2.75) is 6.42 Å². The third-order valence-corrected chi connectivity index (χ3v) is 1.77. The van der Waals surface area contributed by atoms with Crippen molar-refractivity contribution in [1.29, 1.82) is 0 Å². The van der Waals surface area contributed by atoms with E-state index in [1.807, 2.05) is 0 Å². The molecule has 1 aromatic heterocycles. The summed E-state index contributed by atoms with van der Waals surface area (Å²) < 4.78 is 4.46. The minimum absolute atomic E-state index is 0.157. The van der Waals surface area contributed by atoms with E-state index in [4.69, 9.17) is 17.3 Å². The van der Waals surface area contributed by atoms with Crippen LogP contribution in [0.5, 0.6) is 0 Å². The van der Waals surface area contributed by atoms with E-state index < -0.39 is 0 Å². The van der Waals surface area contributed by atoms with Crippen LogP contribution in [0, 0.1) is 0 Å². The third kappa shape index (κ3) is 3.55. The number of carbonyl (C=O) groups excluding carboxylic acids is 1. The summed E-state index contributed by atoms with van der Waals surface area (Å²) in [5.41, 5.74) is 5.98. The van der Waals surface area contributed by atoms with Crippen molar-refractivity contribution in [3.05, 3.63) is 23.1 Å². The average Bonchev–Trinajstić information content (AvgIpc) is 2.23. The van der Waals surface area contributed by atoms with Crippen LogP contribution in [0.4, 0.5) is 5.82 Å². The molecular weight excluding hydrogens is 218 g/mol. The van der Waals surface area contributed by atoms with E-state index in [1.165, 1.54) is 13.3 Å². The van der Waals surface area contributed by atoms with E-state index in [1.54, 1.807) is 12.2 Å². The molecular formula is C9H10ClN3O2. The van der Waals surface area contributed by atoms with Crippen molar-refractivity contribution in [2.24, 2.45) is 0 Å². The predicted molar refractivity (Wildman–Crippen MR) is 57.1 cm³/mol. The molecule has 0 aliphatic heterocycles. The van der Waals surface area contributed by atoms with Crippen molar-refractivity contribution < 1.29 is 9.53 Å². The SMILES string of the molecule is COC(=O)CC=Cc1nc(Cl)cnc1N. The van der Waals surface area contributed by atoms with Crippen LogP contribution >= 0.6 is 11.6 Å². The molecule has 0 saturated heterocycles. The number of esters is 1. The van der Waals surface area contributed by atoms with Gasteiger partial charge in [-0.25, -0.2) is 9.97 Å². The fraction of sp³-hybridized carbons (Fsp3) is 0.222. The van der Waals surface area contributed by atoms with Gasteiger partial charge in [0.05, 0.1) is 19.7 Å². The van der Waals surface area contributed by atoms with Crippen LogP contribution in [-0.2, 0) is 9.53 Å². The van der Waals surface area contributed by atoms with Gasteiger partial charge in [-0.2, -0.15) is 0 Å². The maximum Gasteiger partial charge on any atom is 0.309 e. The minimum Gasteiger partial charge on any atom is -0.469 e. The van der Waals surface area contributed by atoms with Crippen molar-refractivity contribution in [3.63, 3.8) is 0 Å². The zero-order valence-electron chi connectivity index (χ0n) is 8.11. The molecule has 0 aliphatic carbocycles. The Morgan fingerprint density at radius 1 is 1.73 bits per heavy atom. The monoisotopic (exact) mass is 227 g/mol. The summed E-state index contributed by atoms with van der Waals surface area (Å²) in [6.07, 6.45) is 4.67. The van der Waals surface area contributed by atoms with Gasteiger partial charge in [-0.3, -0.25) is 4.79 Å². The number of nitrogens with two attached hydrogens (primary N) is 1. The number of carbonyl (C=O) groups is 1. The topological polar surface area (TPSA) is 78.1 Å². The van der Waals surface area contributed by atoms with E-state index in [0.29, 0.717) is 5.69 Å². The van der Waals surface area contributed by atoms with E-state index in [9.17, 15) is 4.79 Å². The third-order valence-electron chi connectivity index (χ3n) is 1.59. The highest BCUT2D eigenvalue weighted by Gasteiger charge is 2.00. The summed E-state index contributed by atoms with van der Waals surface area (Å²) in [6, 6.07) is 0. The zero-order valence-corrected chi connectivity index (χ0v) is 8.86. The molecule has 5 nitrogen and oxygen atoms in total. The molecule has 80 valence electrons. The smallest absolute Gasteiger partial charge is 0.309 e. The lowest BCUT2D eigenvalue weighted by molar-refractivity contribution is -0.139. The second-order valence-electron chi connectivity index (χ2n) is 2.65. The van der Waals surface area contributed by atoms with Crippen LogP contribution in [0.25, 0.3) is 6.08 Å². The second-order valence-corrected chi connectivity index (χ2v) is 3.03. The number of nitrogens with zero attached hydrogens (tertiary/aromatic N) is 2. The molecule has 0 spiro atoms. The number of halogens is 1. The molecule has 0 unspecified atom stereocenters. The van der Waals surface area contributed by atoms with Gasteiger partial charge in [0.2, 0.25) is 0 Å². The van der Waals surface area contributed by atoms with Gasteiger partial charge in [-0.05, 0) is 6.08 Å². The molecule has 0 atom stereocenters. The lowest BCUT2D eigenvalue weighted by Gasteiger charge is -1.98. The number of nitrogen functional groups attached to an aromatic ring is 1. The maximum atomic E-state index is 10.8. The molecule has 0 fully saturated rings. The van der Waals surface area contributed by atoms with Gasteiger partial charge in [0.25, 0.3) is 0 Å². The Labute approximate surface area is 91.9 Å². The molecule has 1 heterocycles.